The quantitative estimate of drug-likeness (QED) is 0.883. The van der Waals surface area contributed by atoms with Gasteiger partial charge in [0.2, 0.25) is 5.95 Å². The van der Waals surface area contributed by atoms with E-state index in [0.29, 0.717) is 11.5 Å². The third kappa shape index (κ3) is 3.90. The van der Waals surface area contributed by atoms with Crippen molar-refractivity contribution >= 4 is 11.9 Å². The minimum Gasteiger partial charge on any atom is -0.381 e. The van der Waals surface area contributed by atoms with Crippen molar-refractivity contribution in [3.63, 3.8) is 0 Å². The van der Waals surface area contributed by atoms with E-state index in [0.717, 1.165) is 51.3 Å². The molecule has 0 aliphatic carbocycles. The Hall–Kier alpha value is -2.61. The van der Waals surface area contributed by atoms with Crippen LogP contribution in [0.2, 0.25) is 0 Å². The average Bonchev–Trinajstić information content (AvgIpc) is 3.12. The first-order chi connectivity index (χ1) is 13.2. The summed E-state index contributed by atoms with van der Waals surface area (Å²) in [5, 5.41) is 3.18. The minimum atomic E-state index is -0.0767. The number of aromatic nitrogens is 4. The molecule has 8 nitrogen and oxygen atoms in total. The molecule has 2 saturated heterocycles. The Kier molecular flexibility index (Phi) is 4.98. The van der Waals surface area contributed by atoms with E-state index in [2.05, 4.69) is 25.3 Å². The smallest absolute Gasteiger partial charge is 0.257 e. The van der Waals surface area contributed by atoms with Crippen molar-refractivity contribution < 1.29 is 9.53 Å². The van der Waals surface area contributed by atoms with Gasteiger partial charge in [0.05, 0.1) is 23.5 Å². The first-order valence-corrected chi connectivity index (χ1v) is 9.37. The second-order valence-electron chi connectivity index (χ2n) is 7.38. The summed E-state index contributed by atoms with van der Waals surface area (Å²) >= 11 is 0. The van der Waals surface area contributed by atoms with E-state index < -0.39 is 0 Å². The standard InChI is InChI=1S/C19H24N6O2/c1-14(16-12-20-5-6-21-16)24-18-22-10-15(11-23-18)17(26)25-7-2-19(13-25)3-8-27-9-4-19/h5-6,10-12,14H,2-4,7-9,13H2,1H3,(H,22,23,24)/t14-/m1/s1. The lowest BCUT2D eigenvalue weighted by Gasteiger charge is -2.33. The zero-order valence-electron chi connectivity index (χ0n) is 15.5. The lowest BCUT2D eigenvalue weighted by Crippen LogP contribution is -2.35. The average molecular weight is 368 g/mol. The molecule has 142 valence electrons. The molecule has 2 aliphatic heterocycles. The molecular formula is C19H24N6O2. The van der Waals surface area contributed by atoms with E-state index in [9.17, 15) is 4.79 Å². The largest absolute Gasteiger partial charge is 0.381 e. The van der Waals surface area contributed by atoms with Crippen LogP contribution in [0.1, 0.15) is 48.3 Å². The van der Waals surface area contributed by atoms with Crippen LogP contribution in [0.25, 0.3) is 0 Å². The molecule has 0 aromatic carbocycles. The molecule has 1 amide bonds. The topological polar surface area (TPSA) is 93.1 Å². The van der Waals surface area contributed by atoms with E-state index >= 15 is 0 Å². The maximum absolute atomic E-state index is 12.8. The number of likely N-dealkylation sites (tertiary alicyclic amines) is 1. The van der Waals surface area contributed by atoms with Gasteiger partial charge in [0.15, 0.2) is 0 Å². The van der Waals surface area contributed by atoms with Crippen molar-refractivity contribution in [1.82, 2.24) is 24.8 Å². The predicted octanol–water partition coefficient (Wildman–Crippen LogP) is 2.08. The number of rotatable bonds is 4. The fourth-order valence-corrected chi connectivity index (χ4v) is 3.82. The van der Waals surface area contributed by atoms with Crippen LogP contribution in [0.15, 0.2) is 31.0 Å². The summed E-state index contributed by atoms with van der Waals surface area (Å²) < 4.78 is 5.47. The van der Waals surface area contributed by atoms with Crippen molar-refractivity contribution in [2.45, 2.75) is 32.2 Å². The molecule has 4 heterocycles. The Morgan fingerprint density at radius 2 is 1.93 bits per heavy atom. The van der Waals surface area contributed by atoms with E-state index in [1.165, 1.54) is 0 Å². The Labute approximate surface area is 158 Å². The Balaban J connectivity index is 1.38. The van der Waals surface area contributed by atoms with Crippen molar-refractivity contribution in [2.75, 3.05) is 31.6 Å². The summed E-state index contributed by atoms with van der Waals surface area (Å²) in [5.41, 5.74) is 1.57. The highest BCUT2D eigenvalue weighted by atomic mass is 16.5. The Morgan fingerprint density at radius 3 is 2.63 bits per heavy atom. The van der Waals surface area contributed by atoms with Gasteiger partial charge in [-0.1, -0.05) is 0 Å². The van der Waals surface area contributed by atoms with Gasteiger partial charge in [-0.15, -0.1) is 0 Å². The molecule has 0 saturated carbocycles. The monoisotopic (exact) mass is 368 g/mol. The predicted molar refractivity (Wildman–Crippen MR) is 99.1 cm³/mol. The van der Waals surface area contributed by atoms with Gasteiger partial charge in [-0.2, -0.15) is 0 Å². The van der Waals surface area contributed by atoms with Crippen LogP contribution < -0.4 is 5.32 Å². The van der Waals surface area contributed by atoms with Crippen LogP contribution in [0, 0.1) is 5.41 Å². The van der Waals surface area contributed by atoms with Crippen molar-refractivity contribution in [3.05, 3.63) is 42.2 Å². The zero-order valence-corrected chi connectivity index (χ0v) is 15.5. The second kappa shape index (κ2) is 7.56. The van der Waals surface area contributed by atoms with Gasteiger partial charge in [0, 0.05) is 51.1 Å². The van der Waals surface area contributed by atoms with Crippen LogP contribution in [0.3, 0.4) is 0 Å². The molecule has 0 unspecified atom stereocenters. The van der Waals surface area contributed by atoms with Gasteiger partial charge in [0.25, 0.3) is 5.91 Å². The van der Waals surface area contributed by atoms with E-state index in [4.69, 9.17) is 4.74 Å². The highest BCUT2D eigenvalue weighted by molar-refractivity contribution is 5.94. The highest BCUT2D eigenvalue weighted by Crippen LogP contribution is 2.40. The summed E-state index contributed by atoms with van der Waals surface area (Å²) in [6.07, 6.45) is 11.3. The van der Waals surface area contributed by atoms with Crippen LogP contribution in [-0.2, 0) is 4.74 Å². The molecule has 1 atom stereocenters. The molecule has 2 aliphatic rings. The summed E-state index contributed by atoms with van der Waals surface area (Å²) in [4.78, 5) is 31.7. The summed E-state index contributed by atoms with van der Waals surface area (Å²) in [6.45, 7) is 5.16. The molecule has 0 bridgehead atoms. The van der Waals surface area contributed by atoms with E-state index in [-0.39, 0.29) is 17.4 Å². The lowest BCUT2D eigenvalue weighted by atomic mass is 9.80. The van der Waals surface area contributed by atoms with Gasteiger partial charge in [-0.05, 0) is 31.6 Å². The number of carbonyl (C=O) groups is 1. The van der Waals surface area contributed by atoms with Gasteiger partial charge in [-0.25, -0.2) is 9.97 Å². The summed E-state index contributed by atoms with van der Waals surface area (Å²) in [5.74, 6) is 0.471. The molecule has 2 aromatic rings. The fraction of sp³-hybridized carbons (Fsp3) is 0.526. The van der Waals surface area contributed by atoms with Gasteiger partial charge < -0.3 is 15.0 Å². The number of anilines is 1. The van der Waals surface area contributed by atoms with E-state index in [1.807, 2.05) is 11.8 Å². The van der Waals surface area contributed by atoms with E-state index in [1.54, 1.807) is 31.0 Å². The molecule has 8 heteroatoms. The summed E-state index contributed by atoms with van der Waals surface area (Å²) in [6, 6.07) is -0.0767. The molecule has 27 heavy (non-hydrogen) atoms. The lowest BCUT2D eigenvalue weighted by molar-refractivity contribution is 0.0191. The molecule has 2 fully saturated rings. The number of hydrogen-bond acceptors (Lipinski definition) is 7. The number of hydrogen-bond donors (Lipinski definition) is 1. The van der Waals surface area contributed by atoms with Crippen LogP contribution in [0.4, 0.5) is 5.95 Å². The van der Waals surface area contributed by atoms with Crippen molar-refractivity contribution in [3.8, 4) is 0 Å². The third-order valence-electron chi connectivity index (χ3n) is 5.55. The Bertz CT molecular complexity index is 777. The first-order valence-electron chi connectivity index (χ1n) is 9.37. The SMILES string of the molecule is C[C@@H](Nc1ncc(C(=O)N2CCC3(CCOCC3)C2)cn1)c1cnccn1. The maximum atomic E-state index is 12.8. The van der Waals surface area contributed by atoms with Crippen molar-refractivity contribution in [1.29, 1.82) is 0 Å². The molecular weight excluding hydrogens is 344 g/mol. The number of ether oxygens (including phenoxy) is 1. The van der Waals surface area contributed by atoms with Crippen molar-refractivity contribution in [2.24, 2.45) is 5.41 Å². The molecule has 2 aromatic heterocycles. The van der Waals surface area contributed by atoms with Crippen LogP contribution >= 0.6 is 0 Å². The molecule has 0 radical (unpaired) electrons. The van der Waals surface area contributed by atoms with Gasteiger partial charge >= 0.3 is 0 Å². The second-order valence-corrected chi connectivity index (χ2v) is 7.38. The number of nitrogens with zero attached hydrogens (tertiary/aromatic N) is 5. The van der Waals surface area contributed by atoms with Crippen LogP contribution in [-0.4, -0.2) is 57.0 Å². The van der Waals surface area contributed by atoms with Crippen LogP contribution in [0.5, 0.6) is 0 Å². The van der Waals surface area contributed by atoms with Gasteiger partial charge in [0.1, 0.15) is 0 Å². The molecule has 1 spiro atoms. The van der Waals surface area contributed by atoms with Gasteiger partial charge in [-0.3, -0.25) is 14.8 Å². The molecule has 4 rings (SSSR count). The maximum Gasteiger partial charge on any atom is 0.257 e. The Morgan fingerprint density at radius 1 is 1.15 bits per heavy atom. The highest BCUT2D eigenvalue weighted by Gasteiger charge is 2.41. The normalized spacial score (nSPS) is 19.8. The number of amides is 1. The third-order valence-corrected chi connectivity index (χ3v) is 5.55. The number of carbonyl (C=O) groups excluding carboxylic acids is 1. The minimum absolute atomic E-state index is 0.00638. The fourth-order valence-electron chi connectivity index (χ4n) is 3.82. The molecule has 1 N–H and O–H groups in total. The number of nitrogens with one attached hydrogen (secondary N) is 1. The zero-order chi connectivity index (χ0) is 18.7. The first kappa shape index (κ1) is 17.8. The summed E-state index contributed by atoms with van der Waals surface area (Å²) in [7, 11) is 0.